The first-order valence-electron chi connectivity index (χ1n) is 5.73. The first-order valence-corrected chi connectivity index (χ1v) is 6.55. The molecule has 1 aromatic rings. The molecule has 0 spiro atoms. The van der Waals surface area contributed by atoms with Crippen LogP contribution in [0.3, 0.4) is 0 Å². The van der Waals surface area contributed by atoms with Crippen molar-refractivity contribution in [3.63, 3.8) is 0 Å². The third-order valence-electron chi connectivity index (χ3n) is 3.25. The molecule has 0 saturated heterocycles. The Labute approximate surface area is 98.7 Å². The minimum atomic E-state index is -0.215. The van der Waals surface area contributed by atoms with Crippen LogP contribution in [0.25, 0.3) is 0 Å². The standard InChI is InChI=1S/C11H16N4S/c12-5-8-14-10(13)9-6-3-1-2-4-7(6)16-11(9)15-8/h10H,1-5,12-13H2,(H,14,15). The van der Waals surface area contributed by atoms with Crippen molar-refractivity contribution in [1.29, 1.82) is 0 Å². The second-order valence-electron chi connectivity index (χ2n) is 4.30. The lowest BCUT2D eigenvalue weighted by Gasteiger charge is -2.21. The van der Waals surface area contributed by atoms with Gasteiger partial charge in [-0.2, -0.15) is 0 Å². The highest BCUT2D eigenvalue weighted by molar-refractivity contribution is 7.16. The van der Waals surface area contributed by atoms with Crippen LogP contribution in [0.4, 0.5) is 5.00 Å². The third kappa shape index (κ3) is 1.47. The van der Waals surface area contributed by atoms with Gasteiger partial charge in [0.15, 0.2) is 0 Å². The minimum absolute atomic E-state index is 0.215. The summed E-state index contributed by atoms with van der Waals surface area (Å²) >= 11 is 1.83. The summed E-state index contributed by atoms with van der Waals surface area (Å²) in [5.74, 6) is 0.804. The summed E-state index contributed by atoms with van der Waals surface area (Å²) in [5, 5.41) is 4.47. The molecule has 86 valence electrons. The van der Waals surface area contributed by atoms with Crippen molar-refractivity contribution in [3.05, 3.63) is 16.0 Å². The van der Waals surface area contributed by atoms with E-state index in [1.54, 1.807) is 0 Å². The average Bonchev–Trinajstić information content (AvgIpc) is 2.67. The van der Waals surface area contributed by atoms with E-state index in [-0.39, 0.29) is 6.17 Å². The van der Waals surface area contributed by atoms with Crippen LogP contribution < -0.4 is 16.8 Å². The van der Waals surface area contributed by atoms with E-state index >= 15 is 0 Å². The van der Waals surface area contributed by atoms with E-state index in [4.69, 9.17) is 11.5 Å². The van der Waals surface area contributed by atoms with Crippen LogP contribution in [-0.2, 0) is 12.8 Å². The number of nitrogens with two attached hydrogens (primary N) is 2. The first-order chi connectivity index (χ1) is 7.79. The zero-order valence-electron chi connectivity index (χ0n) is 9.12. The van der Waals surface area contributed by atoms with Crippen molar-refractivity contribution < 1.29 is 0 Å². The summed E-state index contributed by atoms with van der Waals surface area (Å²) in [7, 11) is 0. The van der Waals surface area contributed by atoms with Crippen molar-refractivity contribution >= 4 is 22.2 Å². The van der Waals surface area contributed by atoms with E-state index in [1.807, 2.05) is 11.3 Å². The van der Waals surface area contributed by atoms with E-state index in [0.717, 1.165) is 12.3 Å². The van der Waals surface area contributed by atoms with Gasteiger partial charge in [-0.05, 0) is 31.2 Å². The average molecular weight is 236 g/mol. The number of nitrogens with one attached hydrogen (secondary N) is 1. The van der Waals surface area contributed by atoms with E-state index in [1.165, 1.54) is 40.3 Å². The molecule has 0 aromatic carbocycles. The molecule has 1 aromatic heterocycles. The quantitative estimate of drug-likeness (QED) is 0.689. The van der Waals surface area contributed by atoms with E-state index in [0.29, 0.717) is 6.54 Å². The number of thiophene rings is 1. The topological polar surface area (TPSA) is 76.4 Å². The number of fused-ring (bicyclic) bond motifs is 3. The van der Waals surface area contributed by atoms with Gasteiger partial charge in [0.25, 0.3) is 0 Å². The molecule has 1 unspecified atom stereocenters. The molecule has 0 saturated carbocycles. The lowest BCUT2D eigenvalue weighted by Crippen LogP contribution is -2.29. The van der Waals surface area contributed by atoms with Gasteiger partial charge in [0, 0.05) is 10.4 Å². The van der Waals surface area contributed by atoms with Gasteiger partial charge in [0.1, 0.15) is 17.0 Å². The highest BCUT2D eigenvalue weighted by Gasteiger charge is 2.27. The number of amidine groups is 1. The van der Waals surface area contributed by atoms with Crippen molar-refractivity contribution in [3.8, 4) is 0 Å². The third-order valence-corrected chi connectivity index (χ3v) is 4.48. The molecular weight excluding hydrogens is 220 g/mol. The Morgan fingerprint density at radius 2 is 2.19 bits per heavy atom. The molecule has 1 aliphatic heterocycles. The molecule has 16 heavy (non-hydrogen) atoms. The number of aliphatic imine (C=N–C) groups is 1. The smallest absolute Gasteiger partial charge is 0.128 e. The molecule has 5 heteroatoms. The van der Waals surface area contributed by atoms with Gasteiger partial charge in [-0.15, -0.1) is 11.3 Å². The van der Waals surface area contributed by atoms with Gasteiger partial charge in [-0.25, -0.2) is 4.99 Å². The van der Waals surface area contributed by atoms with Crippen molar-refractivity contribution in [2.75, 3.05) is 11.9 Å². The van der Waals surface area contributed by atoms with Crippen molar-refractivity contribution in [2.24, 2.45) is 16.5 Å². The molecule has 3 rings (SSSR count). The number of nitrogens with zero attached hydrogens (tertiary/aromatic N) is 1. The second kappa shape index (κ2) is 3.84. The molecule has 0 bridgehead atoms. The fourth-order valence-corrected chi connectivity index (χ4v) is 3.85. The maximum atomic E-state index is 6.10. The Bertz CT molecular complexity index is 449. The van der Waals surface area contributed by atoms with Crippen LogP contribution >= 0.6 is 11.3 Å². The molecule has 5 N–H and O–H groups in total. The highest BCUT2D eigenvalue weighted by atomic mass is 32.1. The molecule has 1 atom stereocenters. The second-order valence-corrected chi connectivity index (χ2v) is 5.41. The lowest BCUT2D eigenvalue weighted by atomic mass is 9.94. The predicted molar refractivity (Wildman–Crippen MR) is 68.0 cm³/mol. The van der Waals surface area contributed by atoms with Crippen LogP contribution in [0.15, 0.2) is 4.99 Å². The van der Waals surface area contributed by atoms with Gasteiger partial charge < -0.3 is 16.8 Å². The van der Waals surface area contributed by atoms with E-state index in [9.17, 15) is 0 Å². The van der Waals surface area contributed by atoms with Crippen LogP contribution in [0.5, 0.6) is 0 Å². The van der Waals surface area contributed by atoms with Crippen molar-refractivity contribution in [1.82, 2.24) is 0 Å². The summed E-state index contributed by atoms with van der Waals surface area (Å²) < 4.78 is 0. The minimum Gasteiger partial charge on any atom is -0.334 e. The summed E-state index contributed by atoms with van der Waals surface area (Å²) in [5.41, 5.74) is 14.4. The SMILES string of the molecule is NCC1=NC(N)c2c(sc3c2CCCC3)N1. The number of hydrogen-bond acceptors (Lipinski definition) is 5. The summed E-state index contributed by atoms with van der Waals surface area (Å²) in [4.78, 5) is 5.88. The molecule has 4 nitrogen and oxygen atoms in total. The number of hydrogen-bond donors (Lipinski definition) is 3. The number of rotatable bonds is 1. The van der Waals surface area contributed by atoms with Gasteiger partial charge >= 0.3 is 0 Å². The summed E-state index contributed by atoms with van der Waals surface area (Å²) in [6.45, 7) is 0.426. The molecule has 0 radical (unpaired) electrons. The predicted octanol–water partition coefficient (Wildman–Crippen LogP) is 1.37. The molecule has 1 aliphatic carbocycles. The first kappa shape index (κ1) is 10.3. The maximum Gasteiger partial charge on any atom is 0.128 e. The van der Waals surface area contributed by atoms with E-state index in [2.05, 4.69) is 10.3 Å². The largest absolute Gasteiger partial charge is 0.334 e. The summed E-state index contributed by atoms with van der Waals surface area (Å²) in [6.07, 6.45) is 4.71. The molecular formula is C11H16N4S. The Morgan fingerprint density at radius 1 is 1.38 bits per heavy atom. The van der Waals surface area contributed by atoms with Crippen molar-refractivity contribution in [2.45, 2.75) is 31.8 Å². The highest BCUT2D eigenvalue weighted by Crippen LogP contribution is 2.42. The molecule has 0 amide bonds. The molecule has 0 fully saturated rings. The zero-order chi connectivity index (χ0) is 11.1. The Morgan fingerprint density at radius 3 is 3.00 bits per heavy atom. The molecule has 2 aliphatic rings. The van der Waals surface area contributed by atoms with E-state index < -0.39 is 0 Å². The fourth-order valence-electron chi connectivity index (χ4n) is 2.50. The Hall–Kier alpha value is -0.910. The van der Waals surface area contributed by atoms with Crippen LogP contribution in [0.1, 0.15) is 35.0 Å². The van der Waals surface area contributed by atoms with Gasteiger partial charge in [0.2, 0.25) is 0 Å². The van der Waals surface area contributed by atoms with Gasteiger partial charge in [0.05, 0.1) is 6.54 Å². The molecule has 2 heterocycles. The number of aryl methyl sites for hydroxylation is 1. The van der Waals surface area contributed by atoms with Gasteiger partial charge in [-0.1, -0.05) is 0 Å². The Kier molecular flexibility index (Phi) is 2.46. The monoisotopic (exact) mass is 236 g/mol. The van der Waals surface area contributed by atoms with Crippen LogP contribution in [-0.4, -0.2) is 12.4 Å². The van der Waals surface area contributed by atoms with Crippen LogP contribution in [0.2, 0.25) is 0 Å². The Balaban J connectivity index is 2.05. The fraction of sp³-hybridized carbons (Fsp3) is 0.545. The summed E-state index contributed by atoms with van der Waals surface area (Å²) in [6, 6.07) is 0. The van der Waals surface area contributed by atoms with Crippen LogP contribution in [0, 0.1) is 0 Å². The number of anilines is 1. The zero-order valence-corrected chi connectivity index (χ0v) is 9.94. The maximum absolute atomic E-state index is 6.10. The van der Waals surface area contributed by atoms with Gasteiger partial charge in [-0.3, -0.25) is 0 Å². The lowest BCUT2D eigenvalue weighted by molar-refractivity contribution is 0.673. The normalized spacial score (nSPS) is 23.1.